The van der Waals surface area contributed by atoms with Crippen LogP contribution in [0.5, 0.6) is 5.75 Å². The van der Waals surface area contributed by atoms with Crippen LogP contribution in [0.2, 0.25) is 0 Å². The Morgan fingerprint density at radius 2 is 1.83 bits per heavy atom. The van der Waals surface area contributed by atoms with Crippen LogP contribution in [0.3, 0.4) is 0 Å². The molecule has 0 saturated heterocycles. The van der Waals surface area contributed by atoms with Gasteiger partial charge in [0.1, 0.15) is 5.75 Å². The summed E-state index contributed by atoms with van der Waals surface area (Å²) in [6.07, 6.45) is 0. The molecule has 1 heterocycles. The van der Waals surface area contributed by atoms with Gasteiger partial charge >= 0.3 is 5.97 Å². The van der Waals surface area contributed by atoms with Gasteiger partial charge in [-0.25, -0.2) is 4.79 Å². The lowest BCUT2D eigenvalue weighted by Crippen LogP contribution is -2.29. The lowest BCUT2D eigenvalue weighted by molar-refractivity contribution is -0.138. The Morgan fingerprint density at radius 1 is 1.10 bits per heavy atom. The molecule has 5 nitrogen and oxygen atoms in total. The molecule has 4 rings (SSSR count). The highest BCUT2D eigenvalue weighted by molar-refractivity contribution is 6.23. The third-order valence-corrected chi connectivity index (χ3v) is 5.50. The second-order valence-corrected chi connectivity index (χ2v) is 7.21. The number of ether oxygens (including phenoxy) is 2. The summed E-state index contributed by atoms with van der Waals surface area (Å²) in [6, 6.07) is 13.3. The molecule has 1 atom stereocenters. The number of rotatable bonds is 4. The molecule has 5 heteroatoms. The lowest BCUT2D eigenvalue weighted by Gasteiger charge is -2.29. The predicted octanol–water partition coefficient (Wildman–Crippen LogP) is 4.14. The maximum Gasteiger partial charge on any atom is 0.336 e. The molecule has 148 valence electrons. The number of carbonyl (C=O) groups is 2. The van der Waals surface area contributed by atoms with Crippen LogP contribution >= 0.6 is 0 Å². The second-order valence-electron chi connectivity index (χ2n) is 7.21. The first kappa shape index (κ1) is 19.0. The number of nitrogens with one attached hydrogen (secondary N) is 1. The van der Waals surface area contributed by atoms with E-state index in [1.807, 2.05) is 56.3 Å². The zero-order valence-corrected chi connectivity index (χ0v) is 17.0. The van der Waals surface area contributed by atoms with Crippen molar-refractivity contribution in [1.82, 2.24) is 5.32 Å². The summed E-state index contributed by atoms with van der Waals surface area (Å²) in [6.45, 7) is 5.84. The van der Waals surface area contributed by atoms with Crippen molar-refractivity contribution in [2.75, 3.05) is 13.7 Å². The van der Waals surface area contributed by atoms with Crippen LogP contribution < -0.4 is 10.1 Å². The first-order valence-electron chi connectivity index (χ1n) is 9.65. The third kappa shape index (κ3) is 2.94. The fraction of sp³-hybridized carbons (Fsp3) is 0.250. The average molecular weight is 389 g/mol. The Labute approximate surface area is 170 Å². The highest BCUT2D eigenvalue weighted by atomic mass is 16.5. The van der Waals surface area contributed by atoms with Crippen molar-refractivity contribution in [3.63, 3.8) is 0 Å². The molecule has 0 spiro atoms. The monoisotopic (exact) mass is 389 g/mol. The van der Waals surface area contributed by atoms with Gasteiger partial charge in [0.15, 0.2) is 5.78 Å². The molecule has 0 amide bonds. The number of fused-ring (bicyclic) bond motifs is 2. The number of ketones is 1. The van der Waals surface area contributed by atoms with E-state index in [4.69, 9.17) is 9.47 Å². The highest BCUT2D eigenvalue weighted by Crippen LogP contribution is 2.47. The molecule has 0 unspecified atom stereocenters. The van der Waals surface area contributed by atoms with Crippen molar-refractivity contribution in [1.29, 1.82) is 0 Å². The normalized spacial score (nSPS) is 17.7. The molecule has 0 saturated carbocycles. The molecular formula is C24H23NO4. The first-order chi connectivity index (χ1) is 14.0. The molecule has 2 aliphatic rings. The maximum atomic E-state index is 13.4. The number of hydrogen-bond acceptors (Lipinski definition) is 5. The number of carbonyl (C=O) groups excluding carboxylic acids is 2. The zero-order chi connectivity index (χ0) is 20.7. The second kappa shape index (κ2) is 7.24. The van der Waals surface area contributed by atoms with Gasteiger partial charge in [0.05, 0.1) is 25.0 Å². The molecule has 2 aromatic carbocycles. The number of hydrogen-bond donors (Lipinski definition) is 1. The minimum atomic E-state index is -0.505. The molecule has 1 aliphatic heterocycles. The molecule has 0 aromatic heterocycles. The number of allylic oxidation sites excluding steroid dienone is 2. The Hall–Kier alpha value is -3.34. The minimum absolute atomic E-state index is 0.0594. The van der Waals surface area contributed by atoms with E-state index in [9.17, 15) is 9.59 Å². The van der Waals surface area contributed by atoms with Crippen LogP contribution in [-0.2, 0) is 9.53 Å². The summed E-state index contributed by atoms with van der Waals surface area (Å²) < 4.78 is 10.7. The lowest BCUT2D eigenvalue weighted by atomic mass is 9.79. The van der Waals surface area contributed by atoms with Gasteiger partial charge in [0.25, 0.3) is 0 Å². The first-order valence-corrected chi connectivity index (χ1v) is 9.65. The molecule has 2 aromatic rings. The summed E-state index contributed by atoms with van der Waals surface area (Å²) in [7, 11) is 1.62. The molecule has 0 fully saturated rings. The maximum absolute atomic E-state index is 13.4. The van der Waals surface area contributed by atoms with Crippen molar-refractivity contribution in [3.8, 4) is 5.75 Å². The summed E-state index contributed by atoms with van der Waals surface area (Å²) in [5.74, 6) is -0.215. The number of Topliss-reactive ketones (excluding diaryl/α,β-unsaturated/α-hetero) is 1. The van der Waals surface area contributed by atoms with Gasteiger partial charge in [0, 0.05) is 28.3 Å². The van der Waals surface area contributed by atoms with E-state index in [0.717, 1.165) is 28.1 Å². The van der Waals surface area contributed by atoms with Crippen molar-refractivity contribution in [2.24, 2.45) is 0 Å². The van der Waals surface area contributed by atoms with Crippen LogP contribution in [0.15, 0.2) is 59.3 Å². The third-order valence-electron chi connectivity index (χ3n) is 5.50. The van der Waals surface area contributed by atoms with Crippen molar-refractivity contribution >= 4 is 17.4 Å². The predicted molar refractivity (Wildman–Crippen MR) is 111 cm³/mol. The summed E-state index contributed by atoms with van der Waals surface area (Å²) in [4.78, 5) is 26.2. The standard InChI is InChI=1S/C24H23NO4/c1-5-29-24(27)19-14(3)25-22-16-8-6-7-9-17(16)23(26)21(22)20(19)15-10-11-18(28-4)13(2)12-15/h6-12,20,25H,5H2,1-4H3/t20-/m1/s1. The van der Waals surface area contributed by atoms with Gasteiger partial charge in [-0.1, -0.05) is 36.4 Å². The molecule has 0 bridgehead atoms. The molecule has 1 aliphatic carbocycles. The topological polar surface area (TPSA) is 64.6 Å². The number of dihydropyridines is 1. The quantitative estimate of drug-likeness (QED) is 0.797. The van der Waals surface area contributed by atoms with E-state index < -0.39 is 11.9 Å². The fourth-order valence-electron chi connectivity index (χ4n) is 4.22. The van der Waals surface area contributed by atoms with E-state index in [2.05, 4.69) is 5.32 Å². The molecule has 0 radical (unpaired) electrons. The Morgan fingerprint density at radius 3 is 2.48 bits per heavy atom. The van der Waals surface area contributed by atoms with E-state index in [1.54, 1.807) is 14.0 Å². The van der Waals surface area contributed by atoms with Gasteiger partial charge in [-0.05, 0) is 38.0 Å². The van der Waals surface area contributed by atoms with Crippen LogP contribution in [0.1, 0.15) is 46.8 Å². The van der Waals surface area contributed by atoms with Crippen molar-refractivity contribution in [2.45, 2.75) is 26.7 Å². The fourth-order valence-corrected chi connectivity index (χ4v) is 4.22. The van der Waals surface area contributed by atoms with Gasteiger partial charge < -0.3 is 14.8 Å². The SMILES string of the molecule is CCOC(=O)C1=C(C)NC2=C(C(=O)c3ccccc32)[C@@H]1c1ccc(OC)c(C)c1. The van der Waals surface area contributed by atoms with Crippen LogP contribution in [-0.4, -0.2) is 25.5 Å². The van der Waals surface area contributed by atoms with Crippen molar-refractivity contribution in [3.05, 3.63) is 81.6 Å². The Bertz CT molecular complexity index is 1090. The summed E-state index contributed by atoms with van der Waals surface area (Å²) in [5.41, 5.74) is 5.85. The van der Waals surface area contributed by atoms with Crippen LogP contribution in [0, 0.1) is 6.92 Å². The Balaban J connectivity index is 1.93. The number of esters is 1. The zero-order valence-electron chi connectivity index (χ0n) is 17.0. The number of methoxy groups -OCH3 is 1. The number of aryl methyl sites for hydroxylation is 1. The molecule has 1 N–H and O–H groups in total. The Kier molecular flexibility index (Phi) is 4.74. The van der Waals surface area contributed by atoms with Gasteiger partial charge in [-0.2, -0.15) is 0 Å². The number of benzene rings is 2. The van der Waals surface area contributed by atoms with E-state index in [-0.39, 0.29) is 12.4 Å². The largest absolute Gasteiger partial charge is 0.496 e. The van der Waals surface area contributed by atoms with Gasteiger partial charge in [0.2, 0.25) is 0 Å². The van der Waals surface area contributed by atoms with E-state index in [0.29, 0.717) is 22.4 Å². The minimum Gasteiger partial charge on any atom is -0.496 e. The summed E-state index contributed by atoms with van der Waals surface area (Å²) >= 11 is 0. The van der Waals surface area contributed by atoms with Crippen molar-refractivity contribution < 1.29 is 19.1 Å². The molecular weight excluding hydrogens is 366 g/mol. The van der Waals surface area contributed by atoms with Gasteiger partial charge in [-0.3, -0.25) is 4.79 Å². The average Bonchev–Trinajstić information content (AvgIpc) is 2.99. The highest BCUT2D eigenvalue weighted by Gasteiger charge is 2.42. The van der Waals surface area contributed by atoms with Crippen LogP contribution in [0.4, 0.5) is 0 Å². The van der Waals surface area contributed by atoms with Crippen LogP contribution in [0.25, 0.3) is 5.70 Å². The molecule has 29 heavy (non-hydrogen) atoms. The van der Waals surface area contributed by atoms with Gasteiger partial charge in [-0.15, -0.1) is 0 Å². The van der Waals surface area contributed by atoms with E-state index in [1.165, 1.54) is 0 Å². The summed E-state index contributed by atoms with van der Waals surface area (Å²) in [5, 5.41) is 3.30. The smallest absolute Gasteiger partial charge is 0.336 e. The van der Waals surface area contributed by atoms with E-state index >= 15 is 0 Å².